The van der Waals surface area contributed by atoms with Crippen molar-refractivity contribution >= 4 is 46.4 Å². The van der Waals surface area contributed by atoms with E-state index in [1.54, 1.807) is 12.1 Å². The summed E-state index contributed by atoms with van der Waals surface area (Å²) in [4.78, 5) is 24.3. The van der Waals surface area contributed by atoms with E-state index in [2.05, 4.69) is 10.6 Å². The summed E-state index contributed by atoms with van der Waals surface area (Å²) in [6, 6.07) is 7.72. The van der Waals surface area contributed by atoms with Crippen molar-refractivity contribution in [3.8, 4) is 0 Å². The number of rotatable bonds is 4. The minimum absolute atomic E-state index is 0.135. The molecule has 0 radical (unpaired) electrons. The maximum Gasteiger partial charge on any atom is 0.228 e. The molecule has 0 aliphatic heterocycles. The van der Waals surface area contributed by atoms with Crippen molar-refractivity contribution in [2.45, 2.75) is 6.42 Å². The number of carbonyl (C=O) groups excluding carboxylic acids is 2. The first-order valence-corrected chi connectivity index (χ1v) is 8.12. The van der Waals surface area contributed by atoms with Crippen LogP contribution in [0.4, 0.5) is 20.2 Å². The first-order valence-electron chi connectivity index (χ1n) is 7.37. The number of carbonyl (C=O) groups is 2. The van der Waals surface area contributed by atoms with Gasteiger partial charge in [0.1, 0.15) is 0 Å². The normalized spacial score (nSPS) is 18.6. The molecule has 0 aromatic heterocycles. The number of amides is 2. The molecule has 130 valence electrons. The summed E-state index contributed by atoms with van der Waals surface area (Å²) in [5.41, 5.74) is 0.540. The monoisotopic (exact) mass is 384 g/mol. The molecular formula is C17H12Cl2F2N2O2. The van der Waals surface area contributed by atoms with Crippen LogP contribution in [0.3, 0.4) is 0 Å². The van der Waals surface area contributed by atoms with Crippen LogP contribution in [0, 0.1) is 23.5 Å². The van der Waals surface area contributed by atoms with Gasteiger partial charge < -0.3 is 10.6 Å². The lowest BCUT2D eigenvalue weighted by Gasteiger charge is -2.08. The highest BCUT2D eigenvalue weighted by Gasteiger charge is 2.48. The second-order valence-electron chi connectivity index (χ2n) is 5.68. The van der Waals surface area contributed by atoms with Gasteiger partial charge in [-0.25, -0.2) is 8.78 Å². The molecule has 0 saturated heterocycles. The van der Waals surface area contributed by atoms with Gasteiger partial charge in [0.25, 0.3) is 0 Å². The summed E-state index contributed by atoms with van der Waals surface area (Å²) in [7, 11) is 0. The lowest BCUT2D eigenvalue weighted by molar-refractivity contribution is -0.122. The molecular weight excluding hydrogens is 373 g/mol. The zero-order valence-electron chi connectivity index (χ0n) is 12.7. The molecule has 1 saturated carbocycles. The van der Waals surface area contributed by atoms with Crippen molar-refractivity contribution in [1.29, 1.82) is 0 Å². The second kappa shape index (κ2) is 6.98. The van der Waals surface area contributed by atoms with Gasteiger partial charge in [-0.2, -0.15) is 0 Å². The third kappa shape index (κ3) is 4.08. The SMILES string of the molecule is O=C(Nc1ccc(F)c(F)c1)C1CC1C(=O)Nc1ccc(Cl)cc1Cl. The molecule has 25 heavy (non-hydrogen) atoms. The van der Waals surface area contributed by atoms with Crippen LogP contribution in [-0.4, -0.2) is 11.8 Å². The standard InChI is InChI=1S/C17H12Cl2F2N2O2/c18-8-1-4-15(12(19)5-8)23-17(25)11-7-10(11)16(24)22-9-2-3-13(20)14(21)6-9/h1-6,10-11H,7H2,(H,22,24)(H,23,25). The van der Waals surface area contributed by atoms with Crippen LogP contribution in [0.2, 0.25) is 10.0 Å². The molecule has 0 heterocycles. The number of halogens is 4. The van der Waals surface area contributed by atoms with Gasteiger partial charge in [-0.15, -0.1) is 0 Å². The molecule has 2 aromatic carbocycles. The highest BCUT2D eigenvalue weighted by molar-refractivity contribution is 6.36. The van der Waals surface area contributed by atoms with E-state index in [4.69, 9.17) is 23.2 Å². The van der Waals surface area contributed by atoms with E-state index in [0.29, 0.717) is 22.2 Å². The maximum atomic E-state index is 13.1. The van der Waals surface area contributed by atoms with Crippen LogP contribution in [0.15, 0.2) is 36.4 Å². The summed E-state index contributed by atoms with van der Waals surface area (Å²) < 4.78 is 26.0. The van der Waals surface area contributed by atoms with E-state index < -0.39 is 29.4 Å². The van der Waals surface area contributed by atoms with Crippen LogP contribution in [0.1, 0.15) is 6.42 Å². The fourth-order valence-electron chi connectivity index (χ4n) is 2.40. The number of anilines is 2. The lowest BCUT2D eigenvalue weighted by Crippen LogP contribution is -2.20. The van der Waals surface area contributed by atoms with Crippen LogP contribution in [0.5, 0.6) is 0 Å². The van der Waals surface area contributed by atoms with Crippen molar-refractivity contribution in [3.63, 3.8) is 0 Å². The summed E-state index contributed by atoms with van der Waals surface area (Å²) >= 11 is 11.8. The van der Waals surface area contributed by atoms with Gasteiger partial charge in [0.15, 0.2) is 11.6 Å². The molecule has 2 aromatic rings. The van der Waals surface area contributed by atoms with Gasteiger partial charge >= 0.3 is 0 Å². The summed E-state index contributed by atoms with van der Waals surface area (Å²) in [5, 5.41) is 5.85. The van der Waals surface area contributed by atoms with Gasteiger partial charge in [-0.05, 0) is 36.8 Å². The average molecular weight is 385 g/mol. The van der Waals surface area contributed by atoms with Crippen LogP contribution < -0.4 is 10.6 Å². The van der Waals surface area contributed by atoms with Gasteiger partial charge in [0, 0.05) is 16.8 Å². The Balaban J connectivity index is 1.58. The van der Waals surface area contributed by atoms with E-state index in [1.807, 2.05) is 0 Å². The minimum Gasteiger partial charge on any atom is -0.326 e. The Kier molecular flexibility index (Phi) is 4.92. The molecule has 3 rings (SSSR count). The van der Waals surface area contributed by atoms with Crippen LogP contribution in [0.25, 0.3) is 0 Å². The zero-order chi connectivity index (χ0) is 18.1. The van der Waals surface area contributed by atoms with Crippen LogP contribution in [-0.2, 0) is 9.59 Å². The largest absolute Gasteiger partial charge is 0.326 e. The highest BCUT2D eigenvalue weighted by Crippen LogP contribution is 2.40. The van der Waals surface area contributed by atoms with Gasteiger partial charge in [-0.3, -0.25) is 9.59 Å². The van der Waals surface area contributed by atoms with Crippen molar-refractivity contribution in [2.75, 3.05) is 10.6 Å². The lowest BCUT2D eigenvalue weighted by atomic mass is 10.2. The average Bonchev–Trinajstić information content (AvgIpc) is 3.34. The molecule has 2 amide bonds. The molecule has 0 bridgehead atoms. The Hall–Kier alpha value is -2.18. The molecule has 2 atom stereocenters. The fraction of sp³-hybridized carbons (Fsp3) is 0.176. The molecule has 1 aliphatic carbocycles. The molecule has 2 unspecified atom stereocenters. The Morgan fingerprint density at radius 1 is 0.920 bits per heavy atom. The molecule has 1 fully saturated rings. The maximum absolute atomic E-state index is 13.1. The number of hydrogen-bond acceptors (Lipinski definition) is 2. The zero-order valence-corrected chi connectivity index (χ0v) is 14.2. The minimum atomic E-state index is -1.06. The smallest absolute Gasteiger partial charge is 0.228 e. The summed E-state index contributed by atoms with van der Waals surface area (Å²) in [6.07, 6.45) is 0.368. The van der Waals surface area contributed by atoms with Crippen molar-refractivity contribution in [2.24, 2.45) is 11.8 Å². The van der Waals surface area contributed by atoms with E-state index in [0.717, 1.165) is 12.1 Å². The molecule has 8 heteroatoms. The van der Waals surface area contributed by atoms with E-state index in [1.165, 1.54) is 12.1 Å². The number of benzene rings is 2. The summed E-state index contributed by atoms with van der Waals surface area (Å²) in [6.45, 7) is 0. The van der Waals surface area contributed by atoms with Gasteiger partial charge in [0.05, 0.1) is 22.5 Å². The first kappa shape index (κ1) is 17.6. The Morgan fingerprint density at radius 3 is 2.24 bits per heavy atom. The van der Waals surface area contributed by atoms with E-state index in [9.17, 15) is 18.4 Å². The molecule has 1 aliphatic rings. The molecule has 2 N–H and O–H groups in total. The van der Waals surface area contributed by atoms with Crippen molar-refractivity contribution in [1.82, 2.24) is 0 Å². The van der Waals surface area contributed by atoms with Crippen molar-refractivity contribution < 1.29 is 18.4 Å². The predicted octanol–water partition coefficient (Wildman–Crippen LogP) is 4.48. The Morgan fingerprint density at radius 2 is 1.60 bits per heavy atom. The van der Waals surface area contributed by atoms with Gasteiger partial charge in [-0.1, -0.05) is 23.2 Å². The molecule has 0 spiro atoms. The topological polar surface area (TPSA) is 58.2 Å². The number of hydrogen-bond donors (Lipinski definition) is 2. The third-order valence-electron chi connectivity index (χ3n) is 3.84. The quantitative estimate of drug-likeness (QED) is 0.815. The van der Waals surface area contributed by atoms with Crippen molar-refractivity contribution in [3.05, 3.63) is 58.1 Å². The fourth-order valence-corrected chi connectivity index (χ4v) is 2.86. The molecule has 4 nitrogen and oxygen atoms in total. The second-order valence-corrected chi connectivity index (χ2v) is 6.52. The van der Waals surface area contributed by atoms with E-state index >= 15 is 0 Å². The predicted molar refractivity (Wildman–Crippen MR) is 91.7 cm³/mol. The third-order valence-corrected chi connectivity index (χ3v) is 4.39. The first-order chi connectivity index (χ1) is 11.8. The Labute approximate surface area is 152 Å². The van der Waals surface area contributed by atoms with E-state index in [-0.39, 0.29) is 11.6 Å². The van der Waals surface area contributed by atoms with Crippen LogP contribution >= 0.6 is 23.2 Å². The summed E-state index contributed by atoms with van der Waals surface area (Å²) in [5.74, 6) is -3.85. The Bertz CT molecular complexity index is 861. The highest BCUT2D eigenvalue weighted by atomic mass is 35.5. The number of nitrogens with one attached hydrogen (secondary N) is 2. The van der Waals surface area contributed by atoms with Gasteiger partial charge in [0.2, 0.25) is 11.8 Å².